The molecule has 0 bridgehead atoms. The van der Waals surface area contributed by atoms with Crippen LogP contribution in [0.2, 0.25) is 10.0 Å². The second-order valence-electron chi connectivity index (χ2n) is 5.91. The number of fused-ring (bicyclic) bond motifs is 1. The first-order chi connectivity index (χ1) is 11.7. The number of rotatable bonds is 3. The summed E-state index contributed by atoms with van der Waals surface area (Å²) in [5.41, 5.74) is 2.82. The lowest BCUT2D eigenvalue weighted by Crippen LogP contribution is -2.35. The lowest BCUT2D eigenvalue weighted by molar-refractivity contribution is 0.102. The fourth-order valence-corrected chi connectivity index (χ4v) is 3.93. The first-order valence-corrected chi connectivity index (χ1v) is 10.2. The Balaban J connectivity index is 1.83. The number of hydrogen-bond acceptors (Lipinski definition) is 3. The van der Waals surface area contributed by atoms with E-state index in [1.54, 1.807) is 24.3 Å². The number of nitrogens with zero attached hydrogens (tertiary/aromatic N) is 1. The molecule has 0 spiro atoms. The van der Waals surface area contributed by atoms with Gasteiger partial charge in [-0.2, -0.15) is 4.31 Å². The summed E-state index contributed by atoms with van der Waals surface area (Å²) in [4.78, 5) is 12.4. The predicted molar refractivity (Wildman–Crippen MR) is 99.8 cm³/mol. The van der Waals surface area contributed by atoms with Crippen LogP contribution in [0.5, 0.6) is 0 Å². The number of anilines is 1. The zero-order valence-electron chi connectivity index (χ0n) is 13.4. The molecule has 2 aromatic rings. The lowest BCUT2D eigenvalue weighted by Gasteiger charge is -2.27. The Bertz CT molecular complexity index is 945. The topological polar surface area (TPSA) is 66.5 Å². The van der Waals surface area contributed by atoms with Crippen LogP contribution < -0.4 is 5.32 Å². The molecule has 0 fully saturated rings. The van der Waals surface area contributed by atoms with Crippen molar-refractivity contribution < 1.29 is 13.2 Å². The summed E-state index contributed by atoms with van der Waals surface area (Å²) >= 11 is 12.0. The van der Waals surface area contributed by atoms with Gasteiger partial charge in [-0.3, -0.25) is 4.79 Å². The van der Waals surface area contributed by atoms with Gasteiger partial charge in [0.2, 0.25) is 10.0 Å². The highest BCUT2D eigenvalue weighted by Crippen LogP contribution is 2.26. The largest absolute Gasteiger partial charge is 0.322 e. The van der Waals surface area contributed by atoms with Crippen molar-refractivity contribution >= 4 is 44.8 Å². The van der Waals surface area contributed by atoms with Crippen molar-refractivity contribution in [3.05, 3.63) is 63.1 Å². The van der Waals surface area contributed by atoms with E-state index in [2.05, 4.69) is 5.32 Å². The van der Waals surface area contributed by atoms with Gasteiger partial charge in [-0.15, -0.1) is 0 Å². The summed E-state index contributed by atoms with van der Waals surface area (Å²) in [7, 11) is -3.24. The van der Waals surface area contributed by atoms with Crippen molar-refractivity contribution in [3.63, 3.8) is 0 Å². The van der Waals surface area contributed by atoms with Crippen LogP contribution in [-0.4, -0.2) is 31.4 Å². The van der Waals surface area contributed by atoms with Gasteiger partial charge in [-0.25, -0.2) is 8.42 Å². The summed E-state index contributed by atoms with van der Waals surface area (Å²) in [5.74, 6) is -0.372. The van der Waals surface area contributed by atoms with E-state index in [0.29, 0.717) is 35.2 Å². The Morgan fingerprint density at radius 3 is 2.60 bits per heavy atom. The summed E-state index contributed by atoms with van der Waals surface area (Å²) < 4.78 is 24.9. The first-order valence-electron chi connectivity index (χ1n) is 7.57. The van der Waals surface area contributed by atoms with E-state index in [1.807, 2.05) is 6.07 Å². The zero-order valence-corrected chi connectivity index (χ0v) is 15.7. The van der Waals surface area contributed by atoms with Crippen LogP contribution in [0, 0.1) is 0 Å². The molecule has 3 rings (SSSR count). The van der Waals surface area contributed by atoms with Crippen molar-refractivity contribution in [2.75, 3.05) is 18.1 Å². The van der Waals surface area contributed by atoms with E-state index in [0.717, 1.165) is 11.1 Å². The van der Waals surface area contributed by atoms with E-state index in [1.165, 1.54) is 16.6 Å². The Morgan fingerprint density at radius 1 is 1.12 bits per heavy atom. The highest BCUT2D eigenvalue weighted by Gasteiger charge is 2.23. The number of hydrogen-bond donors (Lipinski definition) is 1. The number of carbonyl (C=O) groups is 1. The van der Waals surface area contributed by atoms with Crippen LogP contribution >= 0.6 is 23.2 Å². The maximum absolute atomic E-state index is 12.4. The fourth-order valence-electron chi connectivity index (χ4n) is 2.76. The van der Waals surface area contributed by atoms with Gasteiger partial charge in [0.25, 0.3) is 5.91 Å². The monoisotopic (exact) mass is 398 g/mol. The third-order valence-electron chi connectivity index (χ3n) is 4.08. The molecular formula is C17H16Cl2N2O3S. The van der Waals surface area contributed by atoms with Gasteiger partial charge < -0.3 is 5.32 Å². The van der Waals surface area contributed by atoms with Gasteiger partial charge in [0.15, 0.2) is 0 Å². The van der Waals surface area contributed by atoms with Crippen LogP contribution in [0.15, 0.2) is 36.4 Å². The number of amides is 1. The Morgan fingerprint density at radius 2 is 1.88 bits per heavy atom. The minimum Gasteiger partial charge on any atom is -0.322 e. The van der Waals surface area contributed by atoms with E-state index in [4.69, 9.17) is 23.2 Å². The van der Waals surface area contributed by atoms with Crippen molar-refractivity contribution in [1.29, 1.82) is 0 Å². The zero-order chi connectivity index (χ0) is 18.2. The number of nitrogens with one attached hydrogen (secondary N) is 1. The second kappa shape index (κ2) is 6.96. The molecule has 0 radical (unpaired) electrons. The van der Waals surface area contributed by atoms with Gasteiger partial charge in [0, 0.05) is 23.8 Å². The highest BCUT2D eigenvalue weighted by molar-refractivity contribution is 7.88. The average molecular weight is 399 g/mol. The molecule has 1 aliphatic heterocycles. The van der Waals surface area contributed by atoms with Gasteiger partial charge in [-0.05, 0) is 47.9 Å². The normalized spacial score (nSPS) is 14.8. The average Bonchev–Trinajstić information content (AvgIpc) is 2.55. The van der Waals surface area contributed by atoms with E-state index >= 15 is 0 Å². The molecule has 0 aromatic heterocycles. The predicted octanol–water partition coefficient (Wildman–Crippen LogP) is 3.56. The SMILES string of the molecule is CS(=O)(=O)N1CCc2ccc(NC(=O)c3cc(Cl)ccc3Cl)cc2C1. The standard InChI is InChI=1S/C17H16Cl2N2O3S/c1-25(23,24)21-7-6-11-2-4-14(8-12(11)10-21)20-17(22)15-9-13(18)3-5-16(15)19/h2-5,8-9H,6-7,10H2,1H3,(H,20,22). The molecule has 1 N–H and O–H groups in total. The van der Waals surface area contributed by atoms with Crippen molar-refractivity contribution in [2.24, 2.45) is 0 Å². The van der Waals surface area contributed by atoms with Gasteiger partial charge in [0.1, 0.15) is 0 Å². The van der Waals surface area contributed by atoms with Crippen LogP contribution in [0.25, 0.3) is 0 Å². The van der Waals surface area contributed by atoms with Crippen LogP contribution in [0.1, 0.15) is 21.5 Å². The molecule has 1 heterocycles. The van der Waals surface area contributed by atoms with Crippen LogP contribution in [-0.2, 0) is 23.0 Å². The van der Waals surface area contributed by atoms with Gasteiger partial charge in [-0.1, -0.05) is 29.3 Å². The molecule has 0 unspecified atom stereocenters. The van der Waals surface area contributed by atoms with Crippen LogP contribution in [0.4, 0.5) is 5.69 Å². The lowest BCUT2D eigenvalue weighted by atomic mass is 10.0. The molecule has 1 amide bonds. The summed E-state index contributed by atoms with van der Waals surface area (Å²) in [6.45, 7) is 0.769. The fraction of sp³-hybridized carbons (Fsp3) is 0.235. The molecule has 0 saturated heterocycles. The molecule has 1 aliphatic rings. The molecule has 5 nitrogen and oxygen atoms in total. The van der Waals surface area contributed by atoms with Crippen molar-refractivity contribution in [3.8, 4) is 0 Å². The quantitative estimate of drug-likeness (QED) is 0.858. The van der Waals surface area contributed by atoms with E-state index < -0.39 is 10.0 Å². The highest BCUT2D eigenvalue weighted by atomic mass is 35.5. The molecular weight excluding hydrogens is 383 g/mol. The van der Waals surface area contributed by atoms with Gasteiger partial charge in [0.05, 0.1) is 16.8 Å². The molecule has 0 atom stereocenters. The summed E-state index contributed by atoms with van der Waals surface area (Å²) in [6, 6.07) is 10.2. The minimum atomic E-state index is -3.24. The Hall–Kier alpha value is -1.60. The molecule has 2 aromatic carbocycles. The van der Waals surface area contributed by atoms with Gasteiger partial charge >= 0.3 is 0 Å². The smallest absolute Gasteiger partial charge is 0.257 e. The minimum absolute atomic E-state index is 0.282. The molecule has 25 heavy (non-hydrogen) atoms. The molecule has 0 saturated carbocycles. The number of sulfonamides is 1. The Kier molecular flexibility index (Phi) is 5.06. The maximum Gasteiger partial charge on any atom is 0.257 e. The Labute approximate surface area is 156 Å². The van der Waals surface area contributed by atoms with Crippen LogP contribution in [0.3, 0.4) is 0 Å². The molecule has 132 valence electrons. The number of halogens is 2. The third kappa shape index (κ3) is 4.15. The second-order valence-corrected chi connectivity index (χ2v) is 8.73. The van der Waals surface area contributed by atoms with Crippen molar-refractivity contribution in [1.82, 2.24) is 4.31 Å². The first kappa shape index (κ1) is 18.2. The number of benzene rings is 2. The molecule has 0 aliphatic carbocycles. The third-order valence-corrected chi connectivity index (χ3v) is 5.90. The van der Waals surface area contributed by atoms with E-state index in [-0.39, 0.29) is 11.5 Å². The summed E-state index contributed by atoms with van der Waals surface area (Å²) in [5, 5.41) is 3.51. The number of carbonyl (C=O) groups excluding carboxylic acids is 1. The molecule has 8 heteroatoms. The van der Waals surface area contributed by atoms with Crippen molar-refractivity contribution in [2.45, 2.75) is 13.0 Å². The maximum atomic E-state index is 12.4. The summed E-state index contributed by atoms with van der Waals surface area (Å²) in [6.07, 6.45) is 1.85. The van der Waals surface area contributed by atoms with E-state index in [9.17, 15) is 13.2 Å².